The first-order chi connectivity index (χ1) is 8.75. The summed E-state index contributed by atoms with van der Waals surface area (Å²) in [7, 11) is 0. The Morgan fingerprint density at radius 2 is 2.06 bits per heavy atom. The molecule has 0 saturated heterocycles. The summed E-state index contributed by atoms with van der Waals surface area (Å²) in [4.78, 5) is 0. The molecule has 18 heavy (non-hydrogen) atoms. The van der Waals surface area contributed by atoms with Crippen LogP contribution in [0.4, 0.5) is 5.69 Å². The van der Waals surface area contributed by atoms with Gasteiger partial charge in [-0.15, -0.1) is 0 Å². The molecule has 0 aliphatic heterocycles. The Morgan fingerprint density at radius 1 is 1.33 bits per heavy atom. The lowest BCUT2D eigenvalue weighted by molar-refractivity contribution is 0.127. The molecule has 1 aliphatic carbocycles. The summed E-state index contributed by atoms with van der Waals surface area (Å²) in [6.07, 6.45) is 4.85. The van der Waals surface area contributed by atoms with Gasteiger partial charge in [0.1, 0.15) is 12.4 Å². The molecule has 3 N–H and O–H groups in total. The van der Waals surface area contributed by atoms with Crippen LogP contribution in [0.2, 0.25) is 0 Å². The highest BCUT2D eigenvalue weighted by molar-refractivity contribution is 7.99. The molecule has 1 aromatic rings. The van der Waals surface area contributed by atoms with Crippen molar-refractivity contribution in [2.75, 3.05) is 18.1 Å². The van der Waals surface area contributed by atoms with E-state index in [0.717, 1.165) is 11.0 Å². The molecule has 0 radical (unpaired) electrons. The fraction of sp³-hybridized carbons (Fsp3) is 0.571. The third-order valence-corrected chi connectivity index (χ3v) is 4.70. The van der Waals surface area contributed by atoms with Gasteiger partial charge in [-0.2, -0.15) is 11.8 Å². The van der Waals surface area contributed by atoms with Crippen LogP contribution in [0.1, 0.15) is 25.7 Å². The molecule has 2 rings (SSSR count). The average molecular weight is 267 g/mol. The van der Waals surface area contributed by atoms with E-state index in [0.29, 0.717) is 18.0 Å². The first-order valence-electron chi connectivity index (χ1n) is 6.52. The highest BCUT2D eigenvalue weighted by Crippen LogP contribution is 2.29. The molecule has 1 unspecified atom stereocenters. The number of nitrogen functional groups attached to an aromatic ring is 1. The third-order valence-electron chi connectivity index (χ3n) is 3.18. The van der Waals surface area contributed by atoms with Crippen LogP contribution in [0.25, 0.3) is 0 Å². The predicted octanol–water partition coefficient (Wildman–Crippen LogP) is 2.68. The number of aliphatic hydroxyl groups is 1. The molecule has 0 aromatic heterocycles. The maximum atomic E-state index is 9.88. The molecule has 0 heterocycles. The van der Waals surface area contributed by atoms with Crippen LogP contribution < -0.4 is 10.5 Å². The van der Waals surface area contributed by atoms with Gasteiger partial charge < -0.3 is 15.6 Å². The normalized spacial score (nSPS) is 17.8. The van der Waals surface area contributed by atoms with Gasteiger partial charge in [-0.05, 0) is 25.0 Å². The van der Waals surface area contributed by atoms with Gasteiger partial charge in [-0.25, -0.2) is 0 Å². The number of hydrogen-bond acceptors (Lipinski definition) is 4. The number of hydrogen-bond donors (Lipinski definition) is 2. The molecule has 4 heteroatoms. The molecular formula is C14H21NO2S. The molecule has 3 nitrogen and oxygen atoms in total. The Morgan fingerprint density at radius 3 is 2.78 bits per heavy atom. The van der Waals surface area contributed by atoms with E-state index in [1.165, 1.54) is 25.7 Å². The Hall–Kier alpha value is -0.870. The van der Waals surface area contributed by atoms with Crippen LogP contribution >= 0.6 is 11.8 Å². The number of thioether (sulfide) groups is 1. The Labute approximate surface area is 113 Å². The van der Waals surface area contributed by atoms with Crippen LogP contribution in [0, 0.1) is 0 Å². The summed E-state index contributed by atoms with van der Waals surface area (Å²) in [5.41, 5.74) is 6.39. The number of para-hydroxylation sites is 2. The van der Waals surface area contributed by atoms with Gasteiger partial charge in [-0.3, -0.25) is 0 Å². The second-order valence-electron chi connectivity index (χ2n) is 4.74. The smallest absolute Gasteiger partial charge is 0.142 e. The van der Waals surface area contributed by atoms with Crippen molar-refractivity contribution in [3.05, 3.63) is 24.3 Å². The molecule has 0 spiro atoms. The fourth-order valence-corrected chi connectivity index (χ4v) is 3.41. The van der Waals surface area contributed by atoms with Gasteiger partial charge in [0.15, 0.2) is 0 Å². The number of nitrogens with two attached hydrogens (primary N) is 1. The summed E-state index contributed by atoms with van der Waals surface area (Å²) >= 11 is 1.87. The van der Waals surface area contributed by atoms with Crippen molar-refractivity contribution >= 4 is 17.4 Å². The first-order valence-corrected chi connectivity index (χ1v) is 7.57. The van der Waals surface area contributed by atoms with Crippen LogP contribution in [0.5, 0.6) is 5.75 Å². The van der Waals surface area contributed by atoms with Gasteiger partial charge in [0.25, 0.3) is 0 Å². The van der Waals surface area contributed by atoms with Crippen molar-refractivity contribution in [1.29, 1.82) is 0 Å². The van der Waals surface area contributed by atoms with Gasteiger partial charge in [0.05, 0.1) is 11.8 Å². The number of anilines is 1. The van der Waals surface area contributed by atoms with E-state index in [9.17, 15) is 5.11 Å². The number of ether oxygens (including phenoxy) is 1. The molecule has 1 aliphatic rings. The van der Waals surface area contributed by atoms with Crippen molar-refractivity contribution < 1.29 is 9.84 Å². The second-order valence-corrected chi connectivity index (χ2v) is 6.08. The lowest BCUT2D eigenvalue weighted by atomic mass is 10.3. The molecule has 1 fully saturated rings. The van der Waals surface area contributed by atoms with Gasteiger partial charge in [-0.1, -0.05) is 25.0 Å². The van der Waals surface area contributed by atoms with Gasteiger partial charge >= 0.3 is 0 Å². The zero-order valence-corrected chi connectivity index (χ0v) is 11.4. The minimum atomic E-state index is -0.421. The van der Waals surface area contributed by atoms with Crippen molar-refractivity contribution in [1.82, 2.24) is 0 Å². The average Bonchev–Trinajstić information content (AvgIpc) is 2.88. The fourth-order valence-electron chi connectivity index (χ4n) is 2.15. The molecule has 1 aromatic carbocycles. The lowest BCUT2D eigenvalue weighted by Crippen LogP contribution is -2.21. The lowest BCUT2D eigenvalue weighted by Gasteiger charge is -2.15. The maximum absolute atomic E-state index is 9.88. The molecule has 0 bridgehead atoms. The summed E-state index contributed by atoms with van der Waals surface area (Å²) in [6, 6.07) is 7.38. The largest absolute Gasteiger partial charge is 0.489 e. The van der Waals surface area contributed by atoms with Crippen LogP contribution in [-0.2, 0) is 0 Å². The van der Waals surface area contributed by atoms with Crippen molar-refractivity contribution in [3.63, 3.8) is 0 Å². The summed E-state index contributed by atoms with van der Waals surface area (Å²) < 4.78 is 5.53. The van der Waals surface area contributed by atoms with E-state index in [4.69, 9.17) is 10.5 Å². The van der Waals surface area contributed by atoms with E-state index in [-0.39, 0.29) is 0 Å². The molecule has 1 saturated carbocycles. The van der Waals surface area contributed by atoms with E-state index < -0.39 is 6.10 Å². The molecule has 0 amide bonds. The highest BCUT2D eigenvalue weighted by atomic mass is 32.2. The number of rotatable bonds is 6. The Kier molecular flexibility index (Phi) is 5.20. The van der Waals surface area contributed by atoms with Crippen LogP contribution in [-0.4, -0.2) is 28.8 Å². The zero-order chi connectivity index (χ0) is 12.8. The van der Waals surface area contributed by atoms with E-state index in [2.05, 4.69) is 0 Å². The monoisotopic (exact) mass is 267 g/mol. The quantitative estimate of drug-likeness (QED) is 0.778. The summed E-state index contributed by atoms with van der Waals surface area (Å²) in [6.45, 7) is 0.313. The first kappa shape index (κ1) is 13.6. The summed E-state index contributed by atoms with van der Waals surface area (Å²) in [5, 5.41) is 10.6. The maximum Gasteiger partial charge on any atom is 0.142 e. The second kappa shape index (κ2) is 6.90. The van der Waals surface area contributed by atoms with Crippen LogP contribution in [0.15, 0.2) is 24.3 Å². The van der Waals surface area contributed by atoms with Crippen LogP contribution in [0.3, 0.4) is 0 Å². The van der Waals surface area contributed by atoms with Gasteiger partial charge in [0.2, 0.25) is 0 Å². The topological polar surface area (TPSA) is 55.5 Å². The molecule has 100 valence electrons. The molecule has 1 atom stereocenters. The zero-order valence-electron chi connectivity index (χ0n) is 10.5. The van der Waals surface area contributed by atoms with Crippen molar-refractivity contribution in [2.24, 2.45) is 0 Å². The van der Waals surface area contributed by atoms with E-state index >= 15 is 0 Å². The highest BCUT2D eigenvalue weighted by Gasteiger charge is 2.17. The van der Waals surface area contributed by atoms with Crippen molar-refractivity contribution in [2.45, 2.75) is 37.0 Å². The third kappa shape index (κ3) is 4.10. The Bertz CT molecular complexity index is 367. The van der Waals surface area contributed by atoms with Gasteiger partial charge in [0, 0.05) is 11.0 Å². The SMILES string of the molecule is Nc1ccccc1OCC(O)CSC1CCCC1. The molecular weight excluding hydrogens is 246 g/mol. The number of benzene rings is 1. The Balaban J connectivity index is 1.68. The van der Waals surface area contributed by atoms with Crippen molar-refractivity contribution in [3.8, 4) is 5.75 Å². The van der Waals surface area contributed by atoms with E-state index in [1.54, 1.807) is 6.07 Å². The number of aliphatic hydroxyl groups excluding tert-OH is 1. The minimum absolute atomic E-state index is 0.313. The predicted molar refractivity (Wildman–Crippen MR) is 77.1 cm³/mol. The summed E-state index contributed by atoms with van der Waals surface area (Å²) in [5.74, 6) is 1.40. The van der Waals surface area contributed by atoms with E-state index in [1.807, 2.05) is 30.0 Å². The minimum Gasteiger partial charge on any atom is -0.489 e. The standard InChI is InChI=1S/C14H21NO2S/c15-13-7-3-4-8-14(13)17-9-11(16)10-18-12-5-1-2-6-12/h3-4,7-8,11-12,16H,1-2,5-6,9-10,15H2.